The molecule has 0 heterocycles. The van der Waals surface area contributed by atoms with Crippen molar-refractivity contribution in [3.8, 4) is 56.9 Å². The second kappa shape index (κ2) is 20.0. The van der Waals surface area contributed by atoms with E-state index in [-0.39, 0.29) is 0 Å². The topological polar surface area (TPSA) is 6.48 Å². The van der Waals surface area contributed by atoms with Crippen LogP contribution in [0, 0.1) is 12.3 Å². The maximum atomic E-state index is 5.97. The Hall–Kier alpha value is -7.77. The molecule has 64 heavy (non-hydrogen) atoms. The van der Waals surface area contributed by atoms with Crippen molar-refractivity contribution in [3.63, 3.8) is 0 Å². The molecule has 0 saturated carbocycles. The number of anilines is 5. The minimum absolute atomic E-state index is 0.657. The van der Waals surface area contributed by atoms with E-state index in [9.17, 15) is 0 Å². The number of allylic oxidation sites excluding steroid dienone is 7. The van der Waals surface area contributed by atoms with Gasteiger partial charge in [-0.25, -0.2) is 0 Å². The van der Waals surface area contributed by atoms with E-state index in [0.29, 0.717) is 6.54 Å². The molecule has 0 fully saturated rings. The third-order valence-corrected chi connectivity index (χ3v) is 12.1. The highest BCUT2D eigenvalue weighted by atomic mass is 32.1. The average Bonchev–Trinajstić information content (AvgIpc) is 3.37. The van der Waals surface area contributed by atoms with Crippen molar-refractivity contribution in [2.45, 2.75) is 12.8 Å². The minimum Gasteiger partial charge on any atom is -0.338 e. The van der Waals surface area contributed by atoms with Crippen molar-refractivity contribution in [3.05, 3.63) is 259 Å². The van der Waals surface area contributed by atoms with Gasteiger partial charge in [-0.1, -0.05) is 182 Å². The smallest absolute Gasteiger partial charge is 0.0462 e. The molecule has 1 aliphatic rings. The van der Waals surface area contributed by atoms with Gasteiger partial charge < -0.3 is 9.80 Å². The fraction of sp³-hybridized carbons (Fsp3) is 0.0492. The van der Waals surface area contributed by atoms with E-state index in [1.807, 2.05) is 6.08 Å². The Morgan fingerprint density at radius 3 is 1.16 bits per heavy atom. The van der Waals surface area contributed by atoms with Crippen molar-refractivity contribution >= 4 is 41.1 Å². The molecule has 9 rings (SSSR count). The molecule has 0 radical (unpaired) electrons. The summed E-state index contributed by atoms with van der Waals surface area (Å²) in [5, 5.41) is 0. The Kier molecular flexibility index (Phi) is 13.0. The van der Waals surface area contributed by atoms with E-state index < -0.39 is 0 Å². The lowest BCUT2D eigenvalue weighted by atomic mass is 9.99. The standard InChI is InChI=1S/C61H48N2S/c1-2-46(60-23-12-13-24-61(60)64)16-14-15-45-62(55-35-25-50(26-36-55)47-17-6-3-7-18-47)56-37-27-53(28-38-56)54-33-43-59(44-34-54)63(57-39-29-51(30-40-57)48-19-8-4-9-20-48)58-41-31-52(32-42-58)49-21-10-5-11-22-49/h1,3-12,14-23,25-44,64H,13,24,45H2/b15-14-,46-16+. The predicted molar refractivity (Wildman–Crippen MR) is 277 cm³/mol. The summed E-state index contributed by atoms with van der Waals surface area (Å²) >= 11 is 4.72. The molecule has 0 bridgehead atoms. The van der Waals surface area contributed by atoms with E-state index in [0.717, 1.165) is 68.5 Å². The zero-order valence-electron chi connectivity index (χ0n) is 35.6. The van der Waals surface area contributed by atoms with Gasteiger partial charge in [0.25, 0.3) is 0 Å². The molecule has 1 aliphatic carbocycles. The highest BCUT2D eigenvalue weighted by molar-refractivity contribution is 7.84. The molecule has 0 atom stereocenters. The fourth-order valence-corrected chi connectivity index (χ4v) is 8.54. The molecule has 0 unspecified atom stereocenters. The largest absolute Gasteiger partial charge is 0.338 e. The molecule has 0 aromatic heterocycles. The van der Waals surface area contributed by atoms with Crippen LogP contribution in [0.3, 0.4) is 0 Å². The van der Waals surface area contributed by atoms with Crippen LogP contribution in [0.4, 0.5) is 28.4 Å². The van der Waals surface area contributed by atoms with Gasteiger partial charge in [0.1, 0.15) is 0 Å². The predicted octanol–water partition coefficient (Wildman–Crippen LogP) is 16.6. The summed E-state index contributed by atoms with van der Waals surface area (Å²) in [5.74, 6) is 2.87. The van der Waals surface area contributed by atoms with Crippen LogP contribution in [0.25, 0.3) is 44.5 Å². The SMILES string of the molecule is C#C/C(=C\C=C/CN(c1ccc(-c2ccccc2)cc1)c1ccc(-c2ccc(N(c3ccc(-c4ccccc4)cc3)c3ccc(-c4ccccc4)cc3)cc2)cc1)C1=C(S)CCC=C1. The van der Waals surface area contributed by atoms with Gasteiger partial charge in [0.2, 0.25) is 0 Å². The minimum atomic E-state index is 0.657. The van der Waals surface area contributed by atoms with Crippen LogP contribution in [-0.2, 0) is 0 Å². The van der Waals surface area contributed by atoms with Gasteiger partial charge in [0.15, 0.2) is 0 Å². The number of rotatable bonds is 13. The first kappa shape index (κ1) is 41.6. The van der Waals surface area contributed by atoms with Crippen molar-refractivity contribution in [2.75, 3.05) is 16.3 Å². The summed E-state index contributed by atoms with van der Waals surface area (Å²) in [6.45, 7) is 0.657. The molecule has 0 N–H and O–H groups in total. The van der Waals surface area contributed by atoms with Crippen LogP contribution < -0.4 is 9.80 Å². The molecular formula is C61H48N2S. The number of terminal acetylenes is 1. The molecule has 8 aromatic carbocycles. The number of benzene rings is 8. The number of hydrogen-bond acceptors (Lipinski definition) is 3. The van der Waals surface area contributed by atoms with Crippen molar-refractivity contribution in [1.82, 2.24) is 0 Å². The second-order valence-electron chi connectivity index (χ2n) is 15.7. The Morgan fingerprint density at radius 2 is 0.812 bits per heavy atom. The lowest BCUT2D eigenvalue weighted by Gasteiger charge is -2.26. The van der Waals surface area contributed by atoms with Crippen molar-refractivity contribution < 1.29 is 0 Å². The monoisotopic (exact) mass is 840 g/mol. The quantitative estimate of drug-likeness (QED) is 0.0702. The summed E-state index contributed by atoms with van der Waals surface area (Å²) in [6, 6.07) is 75.8. The van der Waals surface area contributed by atoms with E-state index in [1.54, 1.807) is 0 Å². The van der Waals surface area contributed by atoms with Gasteiger partial charge in [0, 0.05) is 40.6 Å². The molecular weight excluding hydrogens is 793 g/mol. The van der Waals surface area contributed by atoms with Gasteiger partial charge in [-0.2, -0.15) is 0 Å². The second-order valence-corrected chi connectivity index (χ2v) is 16.3. The first-order chi connectivity index (χ1) is 31.6. The van der Waals surface area contributed by atoms with Gasteiger partial charge in [-0.05, 0) is 135 Å². The van der Waals surface area contributed by atoms with Gasteiger partial charge in [-0.3, -0.25) is 0 Å². The molecule has 0 saturated heterocycles. The summed E-state index contributed by atoms with van der Waals surface area (Å²) in [7, 11) is 0. The molecule has 0 aliphatic heterocycles. The molecule has 0 amide bonds. The Bertz CT molecular complexity index is 2870. The highest BCUT2D eigenvalue weighted by Gasteiger charge is 2.15. The lowest BCUT2D eigenvalue weighted by molar-refractivity contribution is 1.01. The highest BCUT2D eigenvalue weighted by Crippen LogP contribution is 2.38. The van der Waals surface area contributed by atoms with Crippen molar-refractivity contribution in [1.29, 1.82) is 0 Å². The fourth-order valence-electron chi connectivity index (χ4n) is 8.22. The zero-order valence-corrected chi connectivity index (χ0v) is 36.5. The van der Waals surface area contributed by atoms with Crippen molar-refractivity contribution in [2.24, 2.45) is 0 Å². The molecule has 8 aromatic rings. The van der Waals surface area contributed by atoms with E-state index >= 15 is 0 Å². The Balaban J connectivity index is 0.994. The summed E-state index contributed by atoms with van der Waals surface area (Å²) in [5.41, 5.74) is 16.8. The lowest BCUT2D eigenvalue weighted by Crippen LogP contribution is -2.16. The van der Waals surface area contributed by atoms with Crippen LogP contribution in [-0.4, -0.2) is 6.54 Å². The maximum Gasteiger partial charge on any atom is 0.0462 e. The maximum absolute atomic E-state index is 5.97. The van der Waals surface area contributed by atoms with Crippen LogP contribution in [0.2, 0.25) is 0 Å². The zero-order chi connectivity index (χ0) is 43.5. The first-order valence-electron chi connectivity index (χ1n) is 21.8. The number of nitrogens with zero attached hydrogens (tertiary/aromatic N) is 2. The molecule has 308 valence electrons. The molecule has 2 nitrogen and oxygen atoms in total. The Labute approximate surface area is 383 Å². The first-order valence-corrected chi connectivity index (χ1v) is 22.2. The van der Waals surface area contributed by atoms with Gasteiger partial charge >= 0.3 is 0 Å². The van der Waals surface area contributed by atoms with Gasteiger partial charge in [-0.15, -0.1) is 19.1 Å². The third kappa shape index (κ3) is 9.64. The van der Waals surface area contributed by atoms with Gasteiger partial charge in [0.05, 0.1) is 0 Å². The summed E-state index contributed by atoms with van der Waals surface area (Å²) < 4.78 is 0. The molecule has 3 heteroatoms. The van der Waals surface area contributed by atoms with E-state index in [2.05, 4.69) is 252 Å². The van der Waals surface area contributed by atoms with Crippen LogP contribution in [0.5, 0.6) is 0 Å². The summed E-state index contributed by atoms with van der Waals surface area (Å²) in [6.07, 6.45) is 18.4. The number of thiol groups is 1. The van der Waals surface area contributed by atoms with Crippen LogP contribution >= 0.6 is 12.6 Å². The Morgan fingerprint density at radius 1 is 0.469 bits per heavy atom. The van der Waals surface area contributed by atoms with Crippen LogP contribution in [0.1, 0.15) is 12.8 Å². The average molecular weight is 841 g/mol. The van der Waals surface area contributed by atoms with Crippen LogP contribution in [0.15, 0.2) is 259 Å². The normalized spacial score (nSPS) is 12.6. The third-order valence-electron chi connectivity index (χ3n) is 11.7. The summed E-state index contributed by atoms with van der Waals surface area (Å²) in [4.78, 5) is 5.69. The van der Waals surface area contributed by atoms with E-state index in [1.165, 1.54) is 33.4 Å². The number of hydrogen-bond donors (Lipinski definition) is 1. The van der Waals surface area contributed by atoms with E-state index in [4.69, 9.17) is 19.1 Å². The molecule has 0 spiro atoms.